The Labute approximate surface area is 130 Å². The average molecular weight is 300 g/mol. The fourth-order valence-electron chi connectivity index (χ4n) is 2.31. The summed E-state index contributed by atoms with van der Waals surface area (Å²) in [4.78, 5) is 16.4. The largest absolute Gasteiger partial charge is 0.508 e. The van der Waals surface area contributed by atoms with Crippen LogP contribution in [0.3, 0.4) is 0 Å². The number of likely N-dealkylation sites (N-methyl/N-ethyl adjacent to an activating group) is 1. The molecule has 0 spiro atoms. The number of anilines is 1. The number of hydrogen-bond donors (Lipinski definition) is 2. The number of nitriles is 1. The van der Waals surface area contributed by atoms with Gasteiger partial charge in [-0.15, -0.1) is 0 Å². The van der Waals surface area contributed by atoms with Crippen LogP contribution < -0.4 is 5.32 Å². The highest BCUT2D eigenvalue weighted by Crippen LogP contribution is 2.16. The number of phenols is 1. The van der Waals surface area contributed by atoms with E-state index in [0.29, 0.717) is 5.69 Å². The van der Waals surface area contributed by atoms with E-state index in [1.54, 1.807) is 18.3 Å². The van der Waals surface area contributed by atoms with E-state index >= 15 is 0 Å². The van der Waals surface area contributed by atoms with Crippen molar-refractivity contribution >= 4 is 11.6 Å². The molecule has 1 aromatic rings. The Morgan fingerprint density at radius 1 is 1.41 bits per heavy atom. The van der Waals surface area contributed by atoms with Crippen LogP contribution in [0, 0.1) is 11.3 Å². The SMILES string of the molecule is CCN1CCN(/C=C(/C#N)C(=O)Nc2cccc(O)c2)CC1. The highest BCUT2D eigenvalue weighted by molar-refractivity contribution is 6.06. The van der Waals surface area contributed by atoms with Gasteiger partial charge < -0.3 is 20.2 Å². The van der Waals surface area contributed by atoms with Crippen molar-refractivity contribution < 1.29 is 9.90 Å². The zero-order chi connectivity index (χ0) is 15.9. The summed E-state index contributed by atoms with van der Waals surface area (Å²) in [6, 6.07) is 8.18. The summed E-state index contributed by atoms with van der Waals surface area (Å²) in [5, 5.41) is 21.2. The lowest BCUT2D eigenvalue weighted by Gasteiger charge is -2.33. The summed E-state index contributed by atoms with van der Waals surface area (Å²) < 4.78 is 0. The number of amides is 1. The summed E-state index contributed by atoms with van der Waals surface area (Å²) in [5.41, 5.74) is 0.523. The third kappa shape index (κ3) is 4.24. The summed E-state index contributed by atoms with van der Waals surface area (Å²) in [6.07, 6.45) is 1.62. The minimum absolute atomic E-state index is 0.0632. The predicted octanol–water partition coefficient (Wildman–Crippen LogP) is 1.38. The minimum Gasteiger partial charge on any atom is -0.508 e. The average Bonchev–Trinajstić information content (AvgIpc) is 2.53. The van der Waals surface area contributed by atoms with Crippen molar-refractivity contribution in [3.8, 4) is 11.8 Å². The van der Waals surface area contributed by atoms with E-state index in [9.17, 15) is 15.2 Å². The molecule has 6 heteroatoms. The number of benzene rings is 1. The molecule has 0 saturated carbocycles. The van der Waals surface area contributed by atoms with Gasteiger partial charge in [0, 0.05) is 44.1 Å². The molecule has 0 radical (unpaired) electrons. The van der Waals surface area contributed by atoms with E-state index in [0.717, 1.165) is 32.7 Å². The van der Waals surface area contributed by atoms with Crippen LogP contribution in [0.5, 0.6) is 5.75 Å². The van der Waals surface area contributed by atoms with Gasteiger partial charge in [-0.25, -0.2) is 0 Å². The van der Waals surface area contributed by atoms with Gasteiger partial charge in [0.15, 0.2) is 0 Å². The molecule has 1 saturated heterocycles. The van der Waals surface area contributed by atoms with E-state index in [4.69, 9.17) is 0 Å². The highest BCUT2D eigenvalue weighted by Gasteiger charge is 2.16. The number of piperazine rings is 1. The zero-order valence-corrected chi connectivity index (χ0v) is 12.6. The van der Waals surface area contributed by atoms with Gasteiger partial charge in [-0.05, 0) is 18.7 Å². The standard InChI is InChI=1S/C16H20N4O2/c1-2-19-6-8-20(9-7-19)12-13(11-17)16(22)18-14-4-3-5-15(21)10-14/h3-5,10,12,21H,2,6-9H2,1H3,(H,18,22)/b13-12-. The number of hydrogen-bond acceptors (Lipinski definition) is 5. The molecule has 0 aliphatic carbocycles. The topological polar surface area (TPSA) is 79.6 Å². The first kappa shape index (κ1) is 15.9. The molecule has 1 heterocycles. The first-order valence-corrected chi connectivity index (χ1v) is 7.31. The van der Waals surface area contributed by atoms with Crippen LogP contribution in [0.4, 0.5) is 5.69 Å². The number of nitrogens with zero attached hydrogens (tertiary/aromatic N) is 3. The lowest BCUT2D eigenvalue weighted by molar-refractivity contribution is -0.112. The van der Waals surface area contributed by atoms with Crippen LogP contribution in [0.1, 0.15) is 6.92 Å². The summed E-state index contributed by atoms with van der Waals surface area (Å²) in [7, 11) is 0. The van der Waals surface area contributed by atoms with Gasteiger partial charge in [0.05, 0.1) is 0 Å². The maximum atomic E-state index is 12.1. The molecular formula is C16H20N4O2. The summed E-state index contributed by atoms with van der Waals surface area (Å²) in [5.74, 6) is -0.401. The van der Waals surface area contributed by atoms with E-state index in [1.807, 2.05) is 11.0 Å². The molecule has 1 aliphatic heterocycles. The van der Waals surface area contributed by atoms with Crippen molar-refractivity contribution in [2.24, 2.45) is 0 Å². The zero-order valence-electron chi connectivity index (χ0n) is 12.6. The molecule has 6 nitrogen and oxygen atoms in total. The molecule has 0 unspecified atom stereocenters. The summed E-state index contributed by atoms with van der Waals surface area (Å²) in [6.45, 7) is 6.60. The predicted molar refractivity (Wildman–Crippen MR) is 84.1 cm³/mol. The van der Waals surface area contributed by atoms with Crippen molar-refractivity contribution in [3.63, 3.8) is 0 Å². The third-order valence-electron chi connectivity index (χ3n) is 3.63. The van der Waals surface area contributed by atoms with Crippen molar-refractivity contribution in [1.29, 1.82) is 5.26 Å². The van der Waals surface area contributed by atoms with Gasteiger partial charge in [-0.2, -0.15) is 5.26 Å². The van der Waals surface area contributed by atoms with Gasteiger partial charge in [0.1, 0.15) is 17.4 Å². The van der Waals surface area contributed by atoms with Crippen molar-refractivity contribution in [2.45, 2.75) is 6.92 Å². The lowest BCUT2D eigenvalue weighted by Crippen LogP contribution is -2.44. The molecule has 22 heavy (non-hydrogen) atoms. The van der Waals surface area contributed by atoms with E-state index in [1.165, 1.54) is 12.1 Å². The number of phenolic OH excluding ortho intramolecular Hbond substituents is 1. The third-order valence-corrected chi connectivity index (χ3v) is 3.63. The highest BCUT2D eigenvalue weighted by atomic mass is 16.3. The molecule has 1 fully saturated rings. The van der Waals surface area contributed by atoms with Crippen molar-refractivity contribution in [1.82, 2.24) is 9.80 Å². The van der Waals surface area contributed by atoms with Crippen LogP contribution in [0.15, 0.2) is 36.0 Å². The Kier molecular flexibility index (Phi) is 5.39. The quantitative estimate of drug-likeness (QED) is 0.648. The fourth-order valence-corrected chi connectivity index (χ4v) is 2.31. The molecule has 2 N–H and O–H groups in total. The maximum Gasteiger partial charge on any atom is 0.267 e. The Hall–Kier alpha value is -2.52. The van der Waals surface area contributed by atoms with Gasteiger partial charge >= 0.3 is 0 Å². The Balaban J connectivity index is 2.00. The van der Waals surface area contributed by atoms with Gasteiger partial charge in [0.2, 0.25) is 0 Å². The molecule has 116 valence electrons. The Bertz CT molecular complexity index is 598. The van der Waals surface area contributed by atoms with E-state index in [-0.39, 0.29) is 11.3 Å². The molecule has 1 amide bonds. The number of carbonyl (C=O) groups excluding carboxylic acids is 1. The lowest BCUT2D eigenvalue weighted by atomic mass is 10.2. The molecule has 0 aromatic heterocycles. The first-order chi connectivity index (χ1) is 10.6. The summed E-state index contributed by atoms with van der Waals surface area (Å²) >= 11 is 0. The van der Waals surface area contributed by atoms with Crippen LogP contribution in [0.2, 0.25) is 0 Å². The number of aromatic hydroxyl groups is 1. The number of nitrogens with one attached hydrogen (secondary N) is 1. The molecular weight excluding hydrogens is 280 g/mol. The van der Waals surface area contributed by atoms with Gasteiger partial charge in [0.25, 0.3) is 5.91 Å². The monoisotopic (exact) mass is 300 g/mol. The second-order valence-electron chi connectivity index (χ2n) is 5.13. The molecule has 1 aliphatic rings. The molecule has 1 aromatic carbocycles. The van der Waals surface area contributed by atoms with E-state index < -0.39 is 5.91 Å². The maximum absolute atomic E-state index is 12.1. The normalized spacial score (nSPS) is 16.2. The van der Waals surface area contributed by atoms with Crippen molar-refractivity contribution in [2.75, 3.05) is 38.0 Å². The fraction of sp³-hybridized carbons (Fsp3) is 0.375. The second-order valence-corrected chi connectivity index (χ2v) is 5.13. The smallest absolute Gasteiger partial charge is 0.267 e. The number of carbonyl (C=O) groups is 1. The number of rotatable bonds is 4. The van der Waals surface area contributed by atoms with Crippen LogP contribution in [0.25, 0.3) is 0 Å². The second kappa shape index (κ2) is 7.48. The molecule has 0 bridgehead atoms. The van der Waals surface area contributed by atoms with E-state index in [2.05, 4.69) is 17.1 Å². The Morgan fingerprint density at radius 3 is 2.73 bits per heavy atom. The van der Waals surface area contributed by atoms with Gasteiger partial charge in [-0.1, -0.05) is 13.0 Å². The molecule has 0 atom stereocenters. The van der Waals surface area contributed by atoms with Crippen LogP contribution in [-0.2, 0) is 4.79 Å². The van der Waals surface area contributed by atoms with Crippen LogP contribution in [-0.4, -0.2) is 53.5 Å². The minimum atomic E-state index is -0.467. The first-order valence-electron chi connectivity index (χ1n) is 7.31. The Morgan fingerprint density at radius 2 is 2.14 bits per heavy atom. The molecule has 2 rings (SSSR count). The van der Waals surface area contributed by atoms with Gasteiger partial charge in [-0.3, -0.25) is 4.79 Å². The van der Waals surface area contributed by atoms with Crippen LogP contribution >= 0.6 is 0 Å². The van der Waals surface area contributed by atoms with Crippen molar-refractivity contribution in [3.05, 3.63) is 36.0 Å².